The molecular weight excluding hydrogens is 204 g/mol. The minimum atomic E-state index is 1.06. The van der Waals surface area contributed by atoms with Gasteiger partial charge in [0.05, 0.1) is 0 Å². The predicted molar refractivity (Wildman–Crippen MR) is 76.1 cm³/mol. The van der Waals surface area contributed by atoms with Crippen molar-refractivity contribution in [3.63, 3.8) is 0 Å². The zero-order chi connectivity index (χ0) is 11.8. The Morgan fingerprint density at radius 2 is 1.18 bits per heavy atom. The molecule has 0 nitrogen and oxygen atoms in total. The fourth-order valence-electron chi connectivity index (χ4n) is 3.67. The van der Waals surface area contributed by atoms with Gasteiger partial charge in [-0.3, -0.25) is 0 Å². The topological polar surface area (TPSA) is 0 Å². The van der Waals surface area contributed by atoms with Crippen molar-refractivity contribution < 1.29 is 0 Å². The van der Waals surface area contributed by atoms with Crippen LogP contribution in [0.2, 0.25) is 0 Å². The van der Waals surface area contributed by atoms with E-state index in [1.54, 1.807) is 6.42 Å². The minimum Gasteiger partial charge on any atom is -0.0885 e. The summed E-state index contributed by atoms with van der Waals surface area (Å²) in [6.45, 7) is 0. The lowest BCUT2D eigenvalue weighted by molar-refractivity contribution is 0.429. The van der Waals surface area contributed by atoms with Crippen LogP contribution in [0.25, 0.3) is 0 Å². The second kappa shape index (κ2) is 7.95. The molecule has 0 N–H and O–H groups in total. The zero-order valence-electron chi connectivity index (χ0n) is 11.5. The fourth-order valence-corrected chi connectivity index (χ4v) is 3.67. The van der Waals surface area contributed by atoms with E-state index in [0.717, 1.165) is 11.8 Å². The third kappa shape index (κ3) is 5.27. The molecule has 0 spiro atoms. The van der Waals surface area contributed by atoms with Gasteiger partial charge in [0.25, 0.3) is 0 Å². The molecule has 2 bridgehead atoms. The second-order valence-electron chi connectivity index (χ2n) is 6.29. The first kappa shape index (κ1) is 13.2. The zero-order valence-corrected chi connectivity index (χ0v) is 11.5. The Labute approximate surface area is 108 Å². The highest BCUT2D eigenvalue weighted by molar-refractivity contribution is 4.84. The van der Waals surface area contributed by atoms with E-state index in [0.29, 0.717) is 0 Å². The van der Waals surface area contributed by atoms with Crippen LogP contribution in [0.4, 0.5) is 0 Å². The van der Waals surface area contributed by atoms with Crippen molar-refractivity contribution in [2.45, 2.75) is 83.5 Å². The van der Waals surface area contributed by atoms with Crippen molar-refractivity contribution in [3.05, 3.63) is 12.2 Å². The van der Waals surface area contributed by atoms with Crippen LogP contribution < -0.4 is 0 Å². The summed E-state index contributed by atoms with van der Waals surface area (Å²) in [5, 5.41) is 0. The third-order valence-electron chi connectivity index (χ3n) is 4.79. The minimum absolute atomic E-state index is 1.06. The first-order valence-electron chi connectivity index (χ1n) is 8.10. The molecule has 2 aliphatic carbocycles. The molecule has 0 saturated heterocycles. The molecule has 17 heavy (non-hydrogen) atoms. The van der Waals surface area contributed by atoms with Crippen LogP contribution in [0.1, 0.15) is 83.5 Å². The lowest BCUT2D eigenvalue weighted by atomic mass is 9.96. The van der Waals surface area contributed by atoms with E-state index in [2.05, 4.69) is 12.2 Å². The largest absolute Gasteiger partial charge is 0.0885 e. The summed E-state index contributed by atoms with van der Waals surface area (Å²) in [5.74, 6) is 2.16. The normalized spacial score (nSPS) is 34.8. The highest BCUT2D eigenvalue weighted by Gasteiger charge is 2.23. The van der Waals surface area contributed by atoms with E-state index < -0.39 is 0 Å². The van der Waals surface area contributed by atoms with Gasteiger partial charge in [-0.15, -0.1) is 0 Å². The summed E-state index contributed by atoms with van der Waals surface area (Å²) in [5.41, 5.74) is 0. The predicted octanol–water partition coefficient (Wildman–Crippen LogP) is 5.87. The van der Waals surface area contributed by atoms with Gasteiger partial charge in [-0.1, -0.05) is 63.5 Å². The van der Waals surface area contributed by atoms with Crippen LogP contribution in [0.15, 0.2) is 12.2 Å². The summed E-state index contributed by atoms with van der Waals surface area (Å²) >= 11 is 0. The van der Waals surface area contributed by atoms with Gasteiger partial charge in [0, 0.05) is 0 Å². The smallest absolute Gasteiger partial charge is 0.0348 e. The molecule has 0 aliphatic heterocycles. The number of allylic oxidation sites excluding steroid dienone is 2. The van der Waals surface area contributed by atoms with Crippen LogP contribution in [-0.4, -0.2) is 0 Å². The van der Waals surface area contributed by atoms with Crippen LogP contribution >= 0.6 is 0 Å². The molecule has 98 valence electrons. The lowest BCUT2D eigenvalue weighted by Crippen LogP contribution is -1.97. The van der Waals surface area contributed by atoms with Crippen molar-refractivity contribution >= 4 is 0 Å². The molecular formula is C17H30. The van der Waals surface area contributed by atoms with Gasteiger partial charge in [0.15, 0.2) is 0 Å². The van der Waals surface area contributed by atoms with Crippen molar-refractivity contribution in [1.82, 2.24) is 0 Å². The van der Waals surface area contributed by atoms with Gasteiger partial charge in [-0.2, -0.15) is 0 Å². The number of rotatable bonds is 0. The Morgan fingerprint density at radius 1 is 0.529 bits per heavy atom. The number of fused-ring (bicyclic) bond motifs is 2. The highest BCUT2D eigenvalue weighted by Crippen LogP contribution is 2.36. The van der Waals surface area contributed by atoms with Gasteiger partial charge >= 0.3 is 0 Å². The third-order valence-corrected chi connectivity index (χ3v) is 4.79. The van der Waals surface area contributed by atoms with Gasteiger partial charge in [-0.25, -0.2) is 0 Å². The molecule has 0 amide bonds. The Bertz CT molecular complexity index is 216. The van der Waals surface area contributed by atoms with Gasteiger partial charge < -0.3 is 0 Å². The summed E-state index contributed by atoms with van der Waals surface area (Å²) < 4.78 is 0. The molecule has 2 rings (SSSR count). The molecule has 0 radical (unpaired) electrons. The first-order chi connectivity index (χ1) is 8.45. The molecule has 0 heteroatoms. The summed E-state index contributed by atoms with van der Waals surface area (Å²) in [7, 11) is 0. The quantitative estimate of drug-likeness (QED) is 0.460. The number of hydrogen-bond donors (Lipinski definition) is 0. The monoisotopic (exact) mass is 234 g/mol. The molecule has 2 aliphatic rings. The Kier molecular flexibility index (Phi) is 6.16. The van der Waals surface area contributed by atoms with Crippen LogP contribution in [0.3, 0.4) is 0 Å². The van der Waals surface area contributed by atoms with E-state index in [4.69, 9.17) is 0 Å². The lowest BCUT2D eigenvalue weighted by Gasteiger charge is -2.10. The average Bonchev–Trinajstić information content (AvgIpc) is 2.77. The number of hydrogen-bond acceptors (Lipinski definition) is 0. The first-order valence-corrected chi connectivity index (χ1v) is 8.10. The van der Waals surface area contributed by atoms with E-state index in [1.807, 2.05) is 0 Å². The fraction of sp³-hybridized carbons (Fsp3) is 0.882. The van der Waals surface area contributed by atoms with Crippen LogP contribution in [0.5, 0.6) is 0 Å². The molecule has 0 aromatic carbocycles. The SMILES string of the molecule is C1=C\CCC2CCC(CCCCCCCC/1)C2. The summed E-state index contributed by atoms with van der Waals surface area (Å²) in [6, 6.07) is 0. The molecule has 0 heterocycles. The Hall–Kier alpha value is -0.260. The van der Waals surface area contributed by atoms with Crippen molar-refractivity contribution in [1.29, 1.82) is 0 Å². The maximum Gasteiger partial charge on any atom is -0.0348 e. The van der Waals surface area contributed by atoms with Gasteiger partial charge in [-0.05, 0) is 43.9 Å². The van der Waals surface area contributed by atoms with Crippen molar-refractivity contribution in [3.8, 4) is 0 Å². The van der Waals surface area contributed by atoms with Crippen molar-refractivity contribution in [2.75, 3.05) is 0 Å². The van der Waals surface area contributed by atoms with E-state index in [1.165, 1.54) is 77.0 Å². The Morgan fingerprint density at radius 3 is 2.06 bits per heavy atom. The maximum atomic E-state index is 2.45. The summed E-state index contributed by atoms with van der Waals surface area (Å²) in [6.07, 6.45) is 24.0. The van der Waals surface area contributed by atoms with Crippen LogP contribution in [0, 0.1) is 11.8 Å². The van der Waals surface area contributed by atoms with E-state index in [-0.39, 0.29) is 0 Å². The van der Waals surface area contributed by atoms with Gasteiger partial charge in [0.2, 0.25) is 0 Å². The molecule has 2 unspecified atom stereocenters. The molecule has 0 aromatic heterocycles. The standard InChI is InChI=1S/C17H30/c1-2-4-6-8-10-12-17-14-13-16(15-17)11-9-7-5-3-1/h5,7,16-17H,1-4,6,8-15H2/b7-5-. The second-order valence-corrected chi connectivity index (χ2v) is 6.29. The maximum absolute atomic E-state index is 2.45. The van der Waals surface area contributed by atoms with Crippen molar-refractivity contribution in [2.24, 2.45) is 11.8 Å². The van der Waals surface area contributed by atoms with Crippen LogP contribution in [-0.2, 0) is 0 Å². The van der Waals surface area contributed by atoms with E-state index >= 15 is 0 Å². The Balaban J connectivity index is 1.73. The molecule has 1 saturated carbocycles. The average molecular weight is 234 g/mol. The van der Waals surface area contributed by atoms with Gasteiger partial charge in [0.1, 0.15) is 0 Å². The molecule has 2 atom stereocenters. The molecule has 1 fully saturated rings. The highest BCUT2D eigenvalue weighted by atomic mass is 14.3. The van der Waals surface area contributed by atoms with E-state index in [9.17, 15) is 0 Å². The summed E-state index contributed by atoms with van der Waals surface area (Å²) in [4.78, 5) is 0. The molecule has 0 aromatic rings.